The molecular weight excluding hydrogens is 366 g/mol. The zero-order valence-corrected chi connectivity index (χ0v) is 18.7. The van der Waals surface area contributed by atoms with E-state index in [2.05, 4.69) is 24.5 Å². The van der Waals surface area contributed by atoms with Crippen molar-refractivity contribution in [3.05, 3.63) is 23.8 Å². The van der Waals surface area contributed by atoms with E-state index in [-0.39, 0.29) is 0 Å². The zero-order valence-electron chi connectivity index (χ0n) is 18.7. The molecular formula is C23H39N3O3. The summed E-state index contributed by atoms with van der Waals surface area (Å²) < 4.78 is 16.7. The third-order valence-corrected chi connectivity index (χ3v) is 5.57. The number of aliphatic imine (C=N–C) groups is 1. The number of nitrogens with one attached hydrogen (secondary N) is 2. The molecule has 0 aliphatic heterocycles. The Morgan fingerprint density at radius 1 is 1.07 bits per heavy atom. The van der Waals surface area contributed by atoms with E-state index in [1.54, 1.807) is 7.11 Å². The van der Waals surface area contributed by atoms with Crippen LogP contribution < -0.4 is 20.1 Å². The van der Waals surface area contributed by atoms with Crippen LogP contribution in [-0.4, -0.2) is 46.0 Å². The molecule has 2 N–H and O–H groups in total. The van der Waals surface area contributed by atoms with Gasteiger partial charge in [-0.05, 0) is 63.1 Å². The lowest BCUT2D eigenvalue weighted by Gasteiger charge is -2.30. The Labute approximate surface area is 176 Å². The summed E-state index contributed by atoms with van der Waals surface area (Å²) in [6.45, 7) is 10.7. The lowest BCUT2D eigenvalue weighted by Crippen LogP contribution is -2.43. The molecule has 1 aliphatic carbocycles. The average Bonchev–Trinajstić information content (AvgIpc) is 3.20. The number of methoxy groups -OCH3 is 1. The second-order valence-corrected chi connectivity index (χ2v) is 7.62. The first kappa shape index (κ1) is 23.3. The standard InChI is InChI=1S/C23H39N3O3/c1-5-24-22(26-18-23(12-8-9-13-23)14-15-28-6-2)25-17-19-10-11-20(27-4)21(16-19)29-7-3/h10-11,16H,5-9,12-15,17-18H2,1-4H3,(H2,24,25,26). The Balaban J connectivity index is 2.01. The van der Waals surface area contributed by atoms with Crippen molar-refractivity contribution in [1.82, 2.24) is 10.6 Å². The van der Waals surface area contributed by atoms with Gasteiger partial charge in [-0.15, -0.1) is 0 Å². The molecule has 29 heavy (non-hydrogen) atoms. The summed E-state index contributed by atoms with van der Waals surface area (Å²) in [4.78, 5) is 4.80. The summed E-state index contributed by atoms with van der Waals surface area (Å²) in [7, 11) is 1.66. The van der Waals surface area contributed by atoms with Gasteiger partial charge in [-0.3, -0.25) is 0 Å². The highest BCUT2D eigenvalue weighted by molar-refractivity contribution is 5.79. The van der Waals surface area contributed by atoms with Crippen LogP contribution in [0.25, 0.3) is 0 Å². The fourth-order valence-electron chi connectivity index (χ4n) is 3.94. The van der Waals surface area contributed by atoms with Crippen molar-refractivity contribution in [3.63, 3.8) is 0 Å². The van der Waals surface area contributed by atoms with Gasteiger partial charge in [-0.2, -0.15) is 0 Å². The summed E-state index contributed by atoms with van der Waals surface area (Å²) in [5.41, 5.74) is 1.42. The van der Waals surface area contributed by atoms with Crippen molar-refractivity contribution < 1.29 is 14.2 Å². The number of ether oxygens (including phenoxy) is 3. The smallest absolute Gasteiger partial charge is 0.191 e. The first-order valence-electron chi connectivity index (χ1n) is 11.1. The van der Waals surface area contributed by atoms with Crippen LogP contribution in [0.3, 0.4) is 0 Å². The van der Waals surface area contributed by atoms with Gasteiger partial charge < -0.3 is 24.8 Å². The van der Waals surface area contributed by atoms with E-state index in [0.717, 1.165) is 55.7 Å². The van der Waals surface area contributed by atoms with E-state index in [4.69, 9.17) is 19.2 Å². The number of benzene rings is 1. The van der Waals surface area contributed by atoms with E-state index >= 15 is 0 Å². The Morgan fingerprint density at radius 3 is 2.52 bits per heavy atom. The highest BCUT2D eigenvalue weighted by Crippen LogP contribution is 2.40. The molecule has 0 unspecified atom stereocenters. The third kappa shape index (κ3) is 7.42. The van der Waals surface area contributed by atoms with E-state index in [9.17, 15) is 0 Å². The van der Waals surface area contributed by atoms with Crippen molar-refractivity contribution in [2.45, 2.75) is 59.4 Å². The van der Waals surface area contributed by atoms with Crippen LogP contribution in [0.4, 0.5) is 0 Å². The van der Waals surface area contributed by atoms with Gasteiger partial charge in [-0.25, -0.2) is 4.99 Å². The summed E-state index contributed by atoms with van der Waals surface area (Å²) in [6.07, 6.45) is 6.27. The normalized spacial score (nSPS) is 15.9. The fraction of sp³-hybridized carbons (Fsp3) is 0.696. The minimum absolute atomic E-state index is 0.327. The van der Waals surface area contributed by atoms with Crippen LogP contribution in [0, 0.1) is 5.41 Å². The van der Waals surface area contributed by atoms with Crippen molar-refractivity contribution in [3.8, 4) is 11.5 Å². The second kappa shape index (κ2) is 12.6. The lowest BCUT2D eigenvalue weighted by molar-refractivity contribution is 0.105. The molecule has 0 radical (unpaired) electrons. The van der Waals surface area contributed by atoms with Gasteiger partial charge in [-0.1, -0.05) is 18.9 Å². The van der Waals surface area contributed by atoms with Gasteiger partial charge in [0.1, 0.15) is 0 Å². The molecule has 0 aromatic heterocycles. The van der Waals surface area contributed by atoms with Crippen LogP contribution in [0.1, 0.15) is 58.4 Å². The van der Waals surface area contributed by atoms with Gasteiger partial charge in [0.15, 0.2) is 17.5 Å². The molecule has 0 heterocycles. The Kier molecular flexibility index (Phi) is 10.1. The molecule has 1 aliphatic rings. The van der Waals surface area contributed by atoms with Crippen molar-refractivity contribution in [1.29, 1.82) is 0 Å². The summed E-state index contributed by atoms with van der Waals surface area (Å²) in [5, 5.41) is 6.97. The average molecular weight is 406 g/mol. The fourth-order valence-corrected chi connectivity index (χ4v) is 3.94. The number of nitrogens with zero attached hydrogens (tertiary/aromatic N) is 1. The van der Waals surface area contributed by atoms with Crippen LogP contribution >= 0.6 is 0 Å². The molecule has 0 spiro atoms. The maximum absolute atomic E-state index is 5.68. The third-order valence-electron chi connectivity index (χ3n) is 5.57. The van der Waals surface area contributed by atoms with Gasteiger partial charge in [0.25, 0.3) is 0 Å². The van der Waals surface area contributed by atoms with E-state index in [1.165, 1.54) is 25.7 Å². The van der Waals surface area contributed by atoms with Gasteiger partial charge in [0, 0.05) is 26.3 Å². The van der Waals surface area contributed by atoms with Gasteiger partial charge in [0.05, 0.1) is 20.3 Å². The molecule has 2 rings (SSSR count). The van der Waals surface area contributed by atoms with Crippen molar-refractivity contribution in [2.75, 3.05) is 40.0 Å². The zero-order chi connectivity index (χ0) is 21.0. The molecule has 164 valence electrons. The topological polar surface area (TPSA) is 64.1 Å². The predicted octanol–water partition coefficient (Wildman–Crippen LogP) is 4.14. The minimum Gasteiger partial charge on any atom is -0.493 e. The van der Waals surface area contributed by atoms with E-state index in [1.807, 2.05) is 25.1 Å². The number of hydrogen-bond acceptors (Lipinski definition) is 4. The second-order valence-electron chi connectivity index (χ2n) is 7.62. The quantitative estimate of drug-likeness (QED) is 0.311. The van der Waals surface area contributed by atoms with Crippen LogP contribution in [0.15, 0.2) is 23.2 Å². The van der Waals surface area contributed by atoms with Crippen LogP contribution in [0.5, 0.6) is 11.5 Å². The Bertz CT molecular complexity index is 628. The SMILES string of the molecule is CCNC(=NCc1ccc(OC)c(OCC)c1)NCC1(CCOCC)CCCC1. The van der Waals surface area contributed by atoms with E-state index in [0.29, 0.717) is 18.6 Å². The Hall–Kier alpha value is -1.95. The van der Waals surface area contributed by atoms with Gasteiger partial charge >= 0.3 is 0 Å². The molecule has 1 fully saturated rings. The highest BCUT2D eigenvalue weighted by atomic mass is 16.5. The number of rotatable bonds is 12. The lowest BCUT2D eigenvalue weighted by atomic mass is 9.83. The van der Waals surface area contributed by atoms with Gasteiger partial charge in [0.2, 0.25) is 0 Å². The number of guanidine groups is 1. The first-order valence-corrected chi connectivity index (χ1v) is 11.1. The van der Waals surface area contributed by atoms with E-state index < -0.39 is 0 Å². The molecule has 1 aromatic rings. The maximum Gasteiger partial charge on any atom is 0.191 e. The Morgan fingerprint density at radius 2 is 1.86 bits per heavy atom. The van der Waals surface area contributed by atoms with Crippen molar-refractivity contribution >= 4 is 5.96 Å². The van der Waals surface area contributed by atoms with Crippen LogP contribution in [0.2, 0.25) is 0 Å². The van der Waals surface area contributed by atoms with Crippen molar-refractivity contribution in [2.24, 2.45) is 10.4 Å². The largest absolute Gasteiger partial charge is 0.493 e. The molecule has 6 heteroatoms. The monoisotopic (exact) mass is 405 g/mol. The minimum atomic E-state index is 0.327. The highest BCUT2D eigenvalue weighted by Gasteiger charge is 2.33. The summed E-state index contributed by atoms with van der Waals surface area (Å²) >= 11 is 0. The first-order chi connectivity index (χ1) is 14.2. The maximum atomic E-state index is 5.68. The molecule has 0 amide bonds. The molecule has 0 atom stereocenters. The molecule has 0 saturated heterocycles. The van der Waals surface area contributed by atoms with Crippen LogP contribution in [-0.2, 0) is 11.3 Å². The molecule has 6 nitrogen and oxygen atoms in total. The molecule has 1 saturated carbocycles. The number of hydrogen-bond donors (Lipinski definition) is 2. The summed E-state index contributed by atoms with van der Waals surface area (Å²) in [5.74, 6) is 2.38. The predicted molar refractivity (Wildman–Crippen MR) is 119 cm³/mol. The summed E-state index contributed by atoms with van der Waals surface area (Å²) in [6, 6.07) is 5.99. The molecule has 1 aromatic carbocycles. The molecule has 0 bridgehead atoms.